The van der Waals surface area contributed by atoms with Gasteiger partial charge in [0, 0.05) is 18.3 Å². The number of para-hydroxylation sites is 1. The number of nitro groups is 1. The molecule has 1 aliphatic rings. The number of nitrogens with one attached hydrogen (secondary N) is 1. The number of rotatable bonds is 6. The van der Waals surface area contributed by atoms with Crippen molar-refractivity contribution in [3.63, 3.8) is 0 Å². The number of nitrogens with zero attached hydrogens (tertiary/aromatic N) is 2. The van der Waals surface area contributed by atoms with E-state index in [1.54, 1.807) is 32.0 Å². The fourth-order valence-corrected chi connectivity index (χ4v) is 3.22. The smallest absolute Gasteiger partial charge is 0.338 e. The lowest BCUT2D eigenvalue weighted by Gasteiger charge is -2.37. The van der Waals surface area contributed by atoms with Crippen LogP contribution < -0.4 is 5.32 Å². The maximum absolute atomic E-state index is 12.6. The third-order valence-electron chi connectivity index (χ3n) is 3.98. The molecule has 0 spiro atoms. The van der Waals surface area contributed by atoms with E-state index in [4.69, 9.17) is 17.0 Å². The second-order valence-electron chi connectivity index (χ2n) is 5.57. The SMILES string of the molecule is CCCN1C(=S)NC(c2ccccc2[N+](=O)[O-])C(C(=O)OCC)=C1C. The highest BCUT2D eigenvalue weighted by atomic mass is 32.1. The quantitative estimate of drug-likeness (QED) is 0.360. The van der Waals surface area contributed by atoms with Crippen LogP contribution in [0.5, 0.6) is 0 Å². The summed E-state index contributed by atoms with van der Waals surface area (Å²) in [6.07, 6.45) is 0.839. The number of nitro benzene ring substituents is 1. The molecular formula is C17H21N3O4S. The summed E-state index contributed by atoms with van der Waals surface area (Å²) in [7, 11) is 0. The van der Waals surface area contributed by atoms with Gasteiger partial charge in [-0.25, -0.2) is 4.79 Å². The van der Waals surface area contributed by atoms with Crippen molar-refractivity contribution in [2.45, 2.75) is 33.2 Å². The van der Waals surface area contributed by atoms with Crippen molar-refractivity contribution in [2.24, 2.45) is 0 Å². The first kappa shape index (κ1) is 18.9. The normalized spacial score (nSPS) is 17.3. The van der Waals surface area contributed by atoms with E-state index in [9.17, 15) is 14.9 Å². The summed E-state index contributed by atoms with van der Waals surface area (Å²) in [6.45, 7) is 6.38. The van der Waals surface area contributed by atoms with Crippen LogP contribution >= 0.6 is 12.2 Å². The molecule has 2 rings (SSSR count). The summed E-state index contributed by atoms with van der Waals surface area (Å²) in [5.74, 6) is -0.501. The van der Waals surface area contributed by atoms with Crippen molar-refractivity contribution in [1.29, 1.82) is 0 Å². The lowest BCUT2D eigenvalue weighted by atomic mass is 9.93. The number of carbonyl (C=O) groups is 1. The molecule has 0 saturated carbocycles. The van der Waals surface area contributed by atoms with Crippen LogP contribution in [0.4, 0.5) is 5.69 Å². The molecule has 0 saturated heterocycles. The molecule has 0 bridgehead atoms. The van der Waals surface area contributed by atoms with Gasteiger partial charge in [0.2, 0.25) is 0 Å². The average Bonchev–Trinajstić information content (AvgIpc) is 2.58. The van der Waals surface area contributed by atoms with Crippen LogP contribution in [0, 0.1) is 10.1 Å². The zero-order chi connectivity index (χ0) is 18.6. The van der Waals surface area contributed by atoms with Gasteiger partial charge in [-0.1, -0.05) is 19.1 Å². The van der Waals surface area contributed by atoms with Gasteiger partial charge < -0.3 is 15.0 Å². The number of hydrogen-bond acceptors (Lipinski definition) is 5. The van der Waals surface area contributed by atoms with Gasteiger partial charge in [0.05, 0.1) is 28.7 Å². The van der Waals surface area contributed by atoms with Crippen LogP contribution in [0.3, 0.4) is 0 Å². The standard InChI is InChI=1S/C17H21N3O4S/c1-4-10-19-11(3)14(16(21)24-5-2)15(18-17(19)25)12-8-6-7-9-13(12)20(22)23/h6-9,15H,4-5,10H2,1-3H3,(H,18,25). The van der Waals surface area contributed by atoms with E-state index >= 15 is 0 Å². The Hall–Kier alpha value is -2.48. The Morgan fingerprint density at radius 1 is 1.40 bits per heavy atom. The number of allylic oxidation sites excluding steroid dienone is 1. The molecule has 8 heteroatoms. The Morgan fingerprint density at radius 3 is 2.68 bits per heavy atom. The molecular weight excluding hydrogens is 342 g/mol. The molecule has 1 aliphatic heterocycles. The Labute approximate surface area is 151 Å². The molecule has 1 atom stereocenters. The molecule has 1 N–H and O–H groups in total. The van der Waals surface area contributed by atoms with Crippen LogP contribution in [0.15, 0.2) is 35.5 Å². The highest BCUT2D eigenvalue weighted by Gasteiger charge is 2.37. The Morgan fingerprint density at radius 2 is 2.08 bits per heavy atom. The fraction of sp³-hybridized carbons (Fsp3) is 0.412. The Kier molecular flexibility index (Phi) is 6.08. The Balaban J connectivity index is 2.61. The molecule has 0 aliphatic carbocycles. The minimum atomic E-state index is -0.721. The molecule has 134 valence electrons. The van der Waals surface area contributed by atoms with Gasteiger partial charge in [-0.05, 0) is 38.6 Å². The molecule has 0 radical (unpaired) electrons. The minimum absolute atomic E-state index is 0.0682. The van der Waals surface area contributed by atoms with Crippen LogP contribution in [-0.4, -0.2) is 34.1 Å². The molecule has 1 unspecified atom stereocenters. The summed E-state index contributed by atoms with van der Waals surface area (Å²) in [5.41, 5.74) is 1.32. The molecule has 25 heavy (non-hydrogen) atoms. The number of thiocarbonyl (C=S) groups is 1. The van der Waals surface area contributed by atoms with Crippen LogP contribution in [-0.2, 0) is 9.53 Å². The average molecular weight is 363 g/mol. The van der Waals surface area contributed by atoms with E-state index in [0.29, 0.717) is 28.5 Å². The summed E-state index contributed by atoms with van der Waals surface area (Å²) >= 11 is 5.42. The number of carbonyl (C=O) groups excluding carboxylic acids is 1. The van der Waals surface area contributed by atoms with E-state index < -0.39 is 16.9 Å². The maximum Gasteiger partial charge on any atom is 0.338 e. The number of benzene rings is 1. The van der Waals surface area contributed by atoms with E-state index in [-0.39, 0.29) is 12.3 Å². The minimum Gasteiger partial charge on any atom is -0.463 e. The largest absolute Gasteiger partial charge is 0.463 e. The molecule has 0 amide bonds. The van der Waals surface area contributed by atoms with Gasteiger partial charge in [0.15, 0.2) is 5.11 Å². The van der Waals surface area contributed by atoms with Gasteiger partial charge in [0.25, 0.3) is 5.69 Å². The van der Waals surface area contributed by atoms with Crippen molar-refractivity contribution >= 4 is 29.0 Å². The summed E-state index contributed by atoms with van der Waals surface area (Å²) in [5, 5.41) is 14.9. The number of ether oxygens (including phenoxy) is 1. The van der Waals surface area contributed by atoms with Crippen molar-refractivity contribution in [3.05, 3.63) is 51.2 Å². The molecule has 1 aromatic carbocycles. The molecule has 1 heterocycles. The predicted octanol–water partition coefficient (Wildman–Crippen LogP) is 3.07. The number of hydrogen-bond donors (Lipinski definition) is 1. The van der Waals surface area contributed by atoms with Crippen LogP contribution in [0.2, 0.25) is 0 Å². The van der Waals surface area contributed by atoms with Crippen molar-refractivity contribution in [3.8, 4) is 0 Å². The van der Waals surface area contributed by atoms with Crippen molar-refractivity contribution < 1.29 is 14.5 Å². The van der Waals surface area contributed by atoms with E-state index in [0.717, 1.165) is 6.42 Å². The lowest BCUT2D eigenvalue weighted by molar-refractivity contribution is -0.385. The zero-order valence-electron chi connectivity index (χ0n) is 14.4. The fourth-order valence-electron chi connectivity index (χ4n) is 2.88. The number of esters is 1. The molecule has 7 nitrogen and oxygen atoms in total. The topological polar surface area (TPSA) is 84.7 Å². The molecule has 0 fully saturated rings. The first-order valence-corrected chi connectivity index (χ1v) is 8.52. The first-order valence-electron chi connectivity index (χ1n) is 8.11. The molecule has 0 aromatic heterocycles. The summed E-state index contributed by atoms with van der Waals surface area (Å²) in [6, 6.07) is 5.61. The maximum atomic E-state index is 12.6. The third kappa shape index (κ3) is 3.79. The second kappa shape index (κ2) is 8.06. The highest BCUT2D eigenvalue weighted by molar-refractivity contribution is 7.80. The van der Waals surface area contributed by atoms with Crippen molar-refractivity contribution in [2.75, 3.05) is 13.2 Å². The Bertz CT molecular complexity index is 732. The molecule has 1 aromatic rings. The van der Waals surface area contributed by atoms with Gasteiger partial charge in [0.1, 0.15) is 0 Å². The van der Waals surface area contributed by atoms with Gasteiger partial charge in [-0.3, -0.25) is 10.1 Å². The monoisotopic (exact) mass is 363 g/mol. The first-order chi connectivity index (χ1) is 11.9. The third-order valence-corrected chi connectivity index (χ3v) is 4.32. The second-order valence-corrected chi connectivity index (χ2v) is 5.96. The van der Waals surface area contributed by atoms with Gasteiger partial charge in [-0.2, -0.15) is 0 Å². The highest BCUT2D eigenvalue weighted by Crippen LogP contribution is 2.35. The summed E-state index contributed by atoms with van der Waals surface area (Å²) < 4.78 is 5.19. The van der Waals surface area contributed by atoms with Crippen molar-refractivity contribution in [1.82, 2.24) is 10.2 Å². The summed E-state index contributed by atoms with van der Waals surface area (Å²) in [4.78, 5) is 25.3. The lowest BCUT2D eigenvalue weighted by Crippen LogP contribution is -2.48. The predicted molar refractivity (Wildman–Crippen MR) is 97.9 cm³/mol. The van der Waals surface area contributed by atoms with Gasteiger partial charge >= 0.3 is 5.97 Å². The van der Waals surface area contributed by atoms with Gasteiger partial charge in [-0.15, -0.1) is 0 Å². The van der Waals surface area contributed by atoms with E-state index in [1.165, 1.54) is 6.07 Å². The zero-order valence-corrected chi connectivity index (χ0v) is 15.3. The van der Waals surface area contributed by atoms with E-state index in [2.05, 4.69) is 5.32 Å². The van der Waals surface area contributed by atoms with E-state index in [1.807, 2.05) is 11.8 Å². The van der Waals surface area contributed by atoms with Crippen LogP contribution in [0.1, 0.15) is 38.8 Å². The van der Waals surface area contributed by atoms with Crippen LogP contribution in [0.25, 0.3) is 0 Å².